The average Bonchev–Trinajstić information content (AvgIpc) is 3.02. The Hall–Kier alpha value is -2.44. The van der Waals surface area contributed by atoms with Crippen molar-refractivity contribution in [3.05, 3.63) is 23.8 Å². The quantitative estimate of drug-likeness (QED) is 0.903. The summed E-state index contributed by atoms with van der Waals surface area (Å²) >= 11 is 0. The lowest BCUT2D eigenvalue weighted by Gasteiger charge is -2.35. The second kappa shape index (κ2) is 6.98. The SMILES string of the molecule is CC(C)NC(=O)N1CCN(C(=O)Cc2ccc3c(c2)OCO3)CC1. The second-order valence-corrected chi connectivity index (χ2v) is 6.34. The monoisotopic (exact) mass is 333 g/mol. The predicted molar refractivity (Wildman–Crippen MR) is 88.1 cm³/mol. The fourth-order valence-corrected chi connectivity index (χ4v) is 2.83. The maximum Gasteiger partial charge on any atom is 0.317 e. The molecule has 7 nitrogen and oxygen atoms in total. The van der Waals surface area contributed by atoms with Crippen LogP contribution in [-0.2, 0) is 11.2 Å². The summed E-state index contributed by atoms with van der Waals surface area (Å²) in [6.45, 7) is 6.35. The van der Waals surface area contributed by atoms with E-state index in [2.05, 4.69) is 5.32 Å². The lowest BCUT2D eigenvalue weighted by Crippen LogP contribution is -2.54. The molecule has 0 spiro atoms. The number of amides is 3. The molecule has 2 heterocycles. The molecule has 0 aliphatic carbocycles. The molecule has 0 radical (unpaired) electrons. The van der Waals surface area contributed by atoms with Crippen molar-refractivity contribution in [3.63, 3.8) is 0 Å². The van der Waals surface area contributed by atoms with Gasteiger partial charge in [-0.3, -0.25) is 4.79 Å². The first-order valence-corrected chi connectivity index (χ1v) is 8.24. The number of piperazine rings is 1. The molecular weight excluding hydrogens is 310 g/mol. The van der Waals surface area contributed by atoms with Crippen LogP contribution in [0.25, 0.3) is 0 Å². The van der Waals surface area contributed by atoms with E-state index < -0.39 is 0 Å². The third-order valence-electron chi connectivity index (χ3n) is 4.12. The smallest absolute Gasteiger partial charge is 0.317 e. The van der Waals surface area contributed by atoms with Crippen LogP contribution >= 0.6 is 0 Å². The van der Waals surface area contributed by atoms with Gasteiger partial charge in [0.05, 0.1) is 6.42 Å². The van der Waals surface area contributed by atoms with Crippen LogP contribution in [0.3, 0.4) is 0 Å². The van der Waals surface area contributed by atoms with Gasteiger partial charge in [0.1, 0.15) is 0 Å². The Morgan fingerprint density at radius 1 is 1.08 bits per heavy atom. The number of nitrogens with zero attached hydrogens (tertiary/aromatic N) is 2. The molecule has 24 heavy (non-hydrogen) atoms. The van der Waals surface area contributed by atoms with Gasteiger partial charge < -0.3 is 24.6 Å². The Morgan fingerprint density at radius 3 is 2.46 bits per heavy atom. The van der Waals surface area contributed by atoms with Crippen LogP contribution in [-0.4, -0.2) is 60.8 Å². The summed E-state index contributed by atoms with van der Waals surface area (Å²) in [5.74, 6) is 1.48. The molecule has 2 aliphatic heterocycles. The Bertz CT molecular complexity index is 624. The molecular formula is C17H23N3O4. The lowest BCUT2D eigenvalue weighted by atomic mass is 10.1. The van der Waals surface area contributed by atoms with E-state index >= 15 is 0 Å². The standard InChI is InChI=1S/C17H23N3O4/c1-12(2)18-17(22)20-7-5-19(6-8-20)16(21)10-13-3-4-14-15(9-13)24-11-23-14/h3-4,9,12H,5-8,10-11H2,1-2H3,(H,18,22). The van der Waals surface area contributed by atoms with Crippen molar-refractivity contribution in [2.24, 2.45) is 0 Å². The molecule has 0 saturated carbocycles. The molecule has 7 heteroatoms. The molecule has 1 fully saturated rings. The summed E-state index contributed by atoms with van der Waals surface area (Å²) in [6, 6.07) is 5.62. The number of hydrogen-bond donors (Lipinski definition) is 1. The summed E-state index contributed by atoms with van der Waals surface area (Å²) in [7, 11) is 0. The first-order valence-electron chi connectivity index (χ1n) is 8.24. The number of rotatable bonds is 3. The zero-order valence-electron chi connectivity index (χ0n) is 14.1. The van der Waals surface area contributed by atoms with Crippen molar-refractivity contribution < 1.29 is 19.1 Å². The van der Waals surface area contributed by atoms with Crippen LogP contribution in [0.5, 0.6) is 11.5 Å². The predicted octanol–water partition coefficient (Wildman–Crippen LogP) is 1.22. The Morgan fingerprint density at radius 2 is 1.75 bits per heavy atom. The van der Waals surface area contributed by atoms with E-state index in [1.807, 2.05) is 36.9 Å². The first kappa shape index (κ1) is 16.4. The molecule has 1 saturated heterocycles. The fourth-order valence-electron chi connectivity index (χ4n) is 2.83. The third-order valence-corrected chi connectivity index (χ3v) is 4.12. The van der Waals surface area contributed by atoms with Gasteiger partial charge in [-0.15, -0.1) is 0 Å². The normalized spacial score (nSPS) is 16.5. The van der Waals surface area contributed by atoms with Gasteiger partial charge in [-0.2, -0.15) is 0 Å². The zero-order valence-corrected chi connectivity index (χ0v) is 14.1. The average molecular weight is 333 g/mol. The first-order chi connectivity index (χ1) is 11.5. The second-order valence-electron chi connectivity index (χ2n) is 6.34. The molecule has 1 aromatic rings. The number of urea groups is 1. The third kappa shape index (κ3) is 3.72. The van der Waals surface area contributed by atoms with Gasteiger partial charge in [0.2, 0.25) is 12.7 Å². The van der Waals surface area contributed by atoms with Crippen molar-refractivity contribution in [2.75, 3.05) is 33.0 Å². The molecule has 0 atom stereocenters. The molecule has 0 unspecified atom stereocenters. The van der Waals surface area contributed by atoms with E-state index in [-0.39, 0.29) is 24.8 Å². The van der Waals surface area contributed by atoms with E-state index in [1.165, 1.54) is 0 Å². The number of benzene rings is 1. The van der Waals surface area contributed by atoms with Crippen molar-refractivity contribution in [1.29, 1.82) is 0 Å². The maximum atomic E-state index is 12.5. The number of fused-ring (bicyclic) bond motifs is 1. The van der Waals surface area contributed by atoms with Gasteiger partial charge in [-0.25, -0.2) is 4.79 Å². The molecule has 0 bridgehead atoms. The Balaban J connectivity index is 1.51. The van der Waals surface area contributed by atoms with Crippen LogP contribution < -0.4 is 14.8 Å². The highest BCUT2D eigenvalue weighted by Crippen LogP contribution is 2.32. The van der Waals surface area contributed by atoms with Crippen molar-refractivity contribution >= 4 is 11.9 Å². The van der Waals surface area contributed by atoms with Crippen LogP contribution in [0, 0.1) is 0 Å². The van der Waals surface area contributed by atoms with Crippen molar-refractivity contribution in [1.82, 2.24) is 15.1 Å². The summed E-state index contributed by atoms with van der Waals surface area (Å²) in [4.78, 5) is 28.0. The van der Waals surface area contributed by atoms with Crippen LogP contribution in [0.1, 0.15) is 19.4 Å². The fraction of sp³-hybridized carbons (Fsp3) is 0.529. The molecule has 0 aromatic heterocycles. The highest BCUT2D eigenvalue weighted by Gasteiger charge is 2.24. The molecule has 3 amide bonds. The summed E-state index contributed by atoms with van der Waals surface area (Å²) in [6.07, 6.45) is 0.328. The number of carbonyl (C=O) groups excluding carboxylic acids is 2. The van der Waals surface area contributed by atoms with Crippen LogP contribution in [0.4, 0.5) is 4.79 Å². The molecule has 1 aromatic carbocycles. The van der Waals surface area contributed by atoms with E-state index in [0.29, 0.717) is 38.3 Å². The van der Waals surface area contributed by atoms with Gasteiger partial charge in [0.25, 0.3) is 0 Å². The Kier molecular flexibility index (Phi) is 4.78. The number of hydrogen-bond acceptors (Lipinski definition) is 4. The Labute approximate surface area is 141 Å². The van der Waals surface area contributed by atoms with Crippen LogP contribution in [0.15, 0.2) is 18.2 Å². The number of nitrogens with one attached hydrogen (secondary N) is 1. The zero-order chi connectivity index (χ0) is 17.1. The number of ether oxygens (including phenoxy) is 2. The highest BCUT2D eigenvalue weighted by atomic mass is 16.7. The minimum absolute atomic E-state index is 0.0622. The lowest BCUT2D eigenvalue weighted by molar-refractivity contribution is -0.131. The van der Waals surface area contributed by atoms with Gasteiger partial charge in [0.15, 0.2) is 11.5 Å². The van der Waals surface area contributed by atoms with Gasteiger partial charge in [-0.05, 0) is 31.5 Å². The molecule has 2 aliphatic rings. The van der Waals surface area contributed by atoms with Gasteiger partial charge >= 0.3 is 6.03 Å². The van der Waals surface area contributed by atoms with Crippen LogP contribution in [0.2, 0.25) is 0 Å². The number of carbonyl (C=O) groups is 2. The molecule has 130 valence electrons. The molecule has 3 rings (SSSR count). The minimum Gasteiger partial charge on any atom is -0.454 e. The van der Waals surface area contributed by atoms with E-state index in [1.54, 1.807) is 4.90 Å². The summed E-state index contributed by atoms with van der Waals surface area (Å²) < 4.78 is 10.6. The van der Waals surface area contributed by atoms with E-state index in [9.17, 15) is 9.59 Å². The maximum absolute atomic E-state index is 12.5. The van der Waals surface area contributed by atoms with Gasteiger partial charge in [0, 0.05) is 32.2 Å². The van der Waals surface area contributed by atoms with Gasteiger partial charge in [-0.1, -0.05) is 6.07 Å². The summed E-state index contributed by atoms with van der Waals surface area (Å²) in [5, 5.41) is 2.88. The topological polar surface area (TPSA) is 71.1 Å². The van der Waals surface area contributed by atoms with Crippen molar-refractivity contribution in [2.45, 2.75) is 26.3 Å². The van der Waals surface area contributed by atoms with Crippen molar-refractivity contribution in [3.8, 4) is 11.5 Å². The largest absolute Gasteiger partial charge is 0.454 e. The van der Waals surface area contributed by atoms with E-state index in [4.69, 9.17) is 9.47 Å². The van der Waals surface area contributed by atoms with E-state index in [0.717, 1.165) is 11.3 Å². The summed E-state index contributed by atoms with van der Waals surface area (Å²) in [5.41, 5.74) is 0.907. The highest BCUT2D eigenvalue weighted by molar-refractivity contribution is 5.80. The minimum atomic E-state index is -0.0622. The molecule has 1 N–H and O–H groups in total.